The number of rotatable bonds is 4. The number of carbonyl (C=O) groups is 1. The third kappa shape index (κ3) is 3.74. The molecule has 3 heterocycles. The van der Waals surface area contributed by atoms with Gasteiger partial charge in [-0.3, -0.25) is 5.32 Å². The van der Waals surface area contributed by atoms with Crippen LogP contribution in [0, 0.1) is 6.92 Å². The number of hydrogen-bond acceptors (Lipinski definition) is 6. The minimum absolute atomic E-state index is 0.190. The summed E-state index contributed by atoms with van der Waals surface area (Å²) in [5.74, 6) is 0.817. The molecule has 2 amide bonds. The molecule has 4 aromatic rings. The van der Waals surface area contributed by atoms with Gasteiger partial charge in [0.2, 0.25) is 0 Å². The van der Waals surface area contributed by atoms with Gasteiger partial charge < -0.3 is 10.2 Å². The number of thiazole rings is 1. The largest absolute Gasteiger partial charge is 0.373 e. The minimum atomic E-state index is -0.190. The van der Waals surface area contributed by atoms with Crippen LogP contribution in [0.15, 0.2) is 42.6 Å². The number of pyridine rings is 1. The molecule has 1 aliphatic carbocycles. The summed E-state index contributed by atoms with van der Waals surface area (Å²) in [5.41, 5.74) is 7.29. The third-order valence-electron chi connectivity index (χ3n) is 5.76. The molecule has 168 valence electrons. The molecule has 5 rings (SSSR count). The number of benzene rings is 1. The lowest BCUT2D eigenvalue weighted by molar-refractivity contribution is 0.230. The SMILES string of the molecule is CNc1ccc(-c2nn(-c3ccccc3C)c3c2CCc2nc(NC(=O)N(C)C)sc2-3)cn1. The van der Waals surface area contributed by atoms with Crippen molar-refractivity contribution in [1.29, 1.82) is 0 Å². The Bertz CT molecular complexity index is 1340. The Labute approximate surface area is 196 Å². The Balaban J connectivity index is 1.69. The first-order valence-corrected chi connectivity index (χ1v) is 11.6. The zero-order chi connectivity index (χ0) is 23.1. The zero-order valence-corrected chi connectivity index (χ0v) is 19.8. The summed E-state index contributed by atoms with van der Waals surface area (Å²) in [6.07, 6.45) is 3.48. The first kappa shape index (κ1) is 21.1. The summed E-state index contributed by atoms with van der Waals surface area (Å²) in [5, 5.41) is 11.7. The second kappa shape index (κ2) is 8.32. The average Bonchev–Trinajstić information content (AvgIpc) is 3.40. The summed E-state index contributed by atoms with van der Waals surface area (Å²) < 4.78 is 2.03. The molecular weight excluding hydrogens is 434 g/mol. The number of carbonyl (C=O) groups excluding carboxylic acids is 1. The Morgan fingerprint density at radius 3 is 2.67 bits per heavy atom. The van der Waals surface area contributed by atoms with Gasteiger partial charge in [-0.25, -0.2) is 19.4 Å². The molecule has 0 aliphatic heterocycles. The van der Waals surface area contributed by atoms with Gasteiger partial charge >= 0.3 is 6.03 Å². The maximum absolute atomic E-state index is 12.2. The lowest BCUT2D eigenvalue weighted by Crippen LogP contribution is -2.27. The summed E-state index contributed by atoms with van der Waals surface area (Å²) >= 11 is 1.50. The first-order valence-electron chi connectivity index (χ1n) is 10.8. The van der Waals surface area contributed by atoms with Gasteiger partial charge in [-0.05, 0) is 43.5 Å². The van der Waals surface area contributed by atoms with E-state index in [4.69, 9.17) is 10.1 Å². The maximum Gasteiger partial charge on any atom is 0.323 e. The fourth-order valence-electron chi connectivity index (χ4n) is 4.02. The van der Waals surface area contributed by atoms with Crippen molar-refractivity contribution in [3.63, 3.8) is 0 Å². The molecule has 0 saturated carbocycles. The summed E-state index contributed by atoms with van der Waals surface area (Å²) in [6.45, 7) is 2.09. The Kier molecular flexibility index (Phi) is 5.33. The van der Waals surface area contributed by atoms with Gasteiger partial charge in [-0.2, -0.15) is 5.10 Å². The van der Waals surface area contributed by atoms with Crippen LogP contribution < -0.4 is 10.6 Å². The van der Waals surface area contributed by atoms with Crippen LogP contribution >= 0.6 is 11.3 Å². The van der Waals surface area contributed by atoms with Crippen LogP contribution in [0.3, 0.4) is 0 Å². The van der Waals surface area contributed by atoms with E-state index < -0.39 is 0 Å². The van der Waals surface area contributed by atoms with E-state index in [0.29, 0.717) is 5.13 Å². The highest BCUT2D eigenvalue weighted by Crippen LogP contribution is 2.44. The van der Waals surface area contributed by atoms with Gasteiger partial charge in [0.25, 0.3) is 0 Å². The molecule has 0 spiro atoms. The number of amides is 2. The molecule has 0 saturated heterocycles. The molecule has 1 aliphatic rings. The van der Waals surface area contributed by atoms with E-state index in [-0.39, 0.29) is 6.03 Å². The molecule has 1 aromatic carbocycles. The van der Waals surface area contributed by atoms with E-state index in [1.807, 2.05) is 36.1 Å². The highest BCUT2D eigenvalue weighted by molar-refractivity contribution is 7.19. The second-order valence-corrected chi connectivity index (χ2v) is 9.17. The number of hydrogen-bond donors (Lipinski definition) is 2. The van der Waals surface area contributed by atoms with Crippen molar-refractivity contribution >= 4 is 28.3 Å². The van der Waals surface area contributed by atoms with E-state index >= 15 is 0 Å². The van der Waals surface area contributed by atoms with Crippen LogP contribution in [-0.2, 0) is 12.8 Å². The highest BCUT2D eigenvalue weighted by atomic mass is 32.1. The van der Waals surface area contributed by atoms with Crippen molar-refractivity contribution in [1.82, 2.24) is 24.6 Å². The van der Waals surface area contributed by atoms with Crippen LogP contribution in [0.5, 0.6) is 0 Å². The summed E-state index contributed by atoms with van der Waals surface area (Å²) in [4.78, 5) is 24.0. The van der Waals surface area contributed by atoms with Crippen LogP contribution in [0.2, 0.25) is 0 Å². The molecule has 33 heavy (non-hydrogen) atoms. The van der Waals surface area contributed by atoms with Gasteiger partial charge in [0.15, 0.2) is 5.13 Å². The van der Waals surface area contributed by atoms with E-state index in [9.17, 15) is 4.79 Å². The fraction of sp³-hybridized carbons (Fsp3) is 0.250. The highest BCUT2D eigenvalue weighted by Gasteiger charge is 2.30. The average molecular weight is 460 g/mol. The molecule has 0 bridgehead atoms. The van der Waals surface area contributed by atoms with Crippen molar-refractivity contribution in [3.8, 4) is 27.5 Å². The summed E-state index contributed by atoms with van der Waals surface area (Å²) in [7, 11) is 5.29. The number of fused-ring (bicyclic) bond motifs is 3. The number of anilines is 2. The minimum Gasteiger partial charge on any atom is -0.373 e. The number of para-hydroxylation sites is 1. The monoisotopic (exact) mass is 459 g/mol. The van der Waals surface area contributed by atoms with E-state index in [0.717, 1.165) is 57.4 Å². The van der Waals surface area contributed by atoms with E-state index in [2.05, 4.69) is 40.7 Å². The lowest BCUT2D eigenvalue weighted by Gasteiger charge is -2.15. The Morgan fingerprint density at radius 2 is 1.97 bits per heavy atom. The second-order valence-electron chi connectivity index (χ2n) is 8.18. The van der Waals surface area contributed by atoms with Crippen molar-refractivity contribution in [2.45, 2.75) is 19.8 Å². The normalized spacial score (nSPS) is 12.1. The fourth-order valence-corrected chi connectivity index (χ4v) is 5.08. The summed E-state index contributed by atoms with van der Waals surface area (Å²) in [6, 6.07) is 12.1. The van der Waals surface area contributed by atoms with Gasteiger partial charge in [-0.1, -0.05) is 29.5 Å². The van der Waals surface area contributed by atoms with E-state index in [1.165, 1.54) is 21.8 Å². The topological polar surface area (TPSA) is 88.0 Å². The zero-order valence-electron chi connectivity index (χ0n) is 19.0. The van der Waals surface area contributed by atoms with Crippen molar-refractivity contribution in [2.75, 3.05) is 31.8 Å². The predicted octanol–water partition coefficient (Wildman–Crippen LogP) is 4.60. The van der Waals surface area contributed by atoms with Crippen LogP contribution in [-0.4, -0.2) is 51.8 Å². The number of nitrogens with one attached hydrogen (secondary N) is 2. The number of aromatic nitrogens is 4. The molecule has 0 fully saturated rings. The Morgan fingerprint density at radius 1 is 1.15 bits per heavy atom. The molecule has 0 unspecified atom stereocenters. The molecule has 8 nitrogen and oxygen atoms in total. The maximum atomic E-state index is 12.2. The molecule has 3 aromatic heterocycles. The van der Waals surface area contributed by atoms with Gasteiger partial charge in [-0.15, -0.1) is 0 Å². The number of nitrogens with zero attached hydrogens (tertiary/aromatic N) is 5. The van der Waals surface area contributed by atoms with Crippen molar-refractivity contribution in [3.05, 3.63) is 59.4 Å². The first-order chi connectivity index (χ1) is 16.0. The lowest BCUT2D eigenvalue weighted by atomic mass is 9.95. The van der Waals surface area contributed by atoms with Crippen LogP contribution in [0.4, 0.5) is 15.7 Å². The van der Waals surface area contributed by atoms with Crippen LogP contribution in [0.25, 0.3) is 27.5 Å². The van der Waals surface area contributed by atoms with Crippen LogP contribution in [0.1, 0.15) is 16.8 Å². The predicted molar refractivity (Wildman–Crippen MR) is 132 cm³/mol. The third-order valence-corrected chi connectivity index (χ3v) is 6.78. The smallest absolute Gasteiger partial charge is 0.323 e. The quantitative estimate of drug-likeness (QED) is 0.466. The van der Waals surface area contributed by atoms with Gasteiger partial charge in [0.05, 0.1) is 27.6 Å². The number of aryl methyl sites for hydroxylation is 2. The molecule has 9 heteroatoms. The molecule has 0 radical (unpaired) electrons. The van der Waals surface area contributed by atoms with Gasteiger partial charge in [0.1, 0.15) is 5.82 Å². The standard InChI is InChI=1S/C24H25N7OS/c1-14-7-5-6-8-18(14)31-21-16(20(29-31)15-9-12-19(25-2)26-13-15)10-11-17-22(21)33-23(27-17)28-24(32)30(3)4/h5-9,12-13H,10-11H2,1-4H3,(H,25,26)(H,27,28,32). The Hall–Kier alpha value is -3.72. The van der Waals surface area contributed by atoms with Crippen molar-refractivity contribution < 1.29 is 4.79 Å². The van der Waals surface area contributed by atoms with E-state index in [1.54, 1.807) is 14.1 Å². The molecular formula is C24H25N7OS. The molecule has 0 atom stereocenters. The van der Waals surface area contributed by atoms with Crippen molar-refractivity contribution in [2.24, 2.45) is 0 Å². The van der Waals surface area contributed by atoms with Gasteiger partial charge in [0, 0.05) is 38.5 Å². The molecule has 2 N–H and O–H groups in total. The number of urea groups is 1.